The van der Waals surface area contributed by atoms with Gasteiger partial charge in [-0.25, -0.2) is 0 Å². The van der Waals surface area contributed by atoms with Gasteiger partial charge in [0.2, 0.25) is 0 Å². The molecular formula is C16H17N3O. The van der Waals surface area contributed by atoms with Crippen molar-refractivity contribution in [3.63, 3.8) is 0 Å². The molecule has 0 unspecified atom stereocenters. The number of nitrogens with zero attached hydrogens (tertiary/aromatic N) is 1. The van der Waals surface area contributed by atoms with Crippen LogP contribution in [0.25, 0.3) is 0 Å². The highest BCUT2D eigenvalue weighted by Gasteiger charge is 2.01. The first-order chi connectivity index (χ1) is 9.69. The van der Waals surface area contributed by atoms with Gasteiger partial charge in [0.15, 0.2) is 0 Å². The second-order valence-electron chi connectivity index (χ2n) is 4.51. The lowest BCUT2D eigenvalue weighted by atomic mass is 10.1. The molecule has 0 aliphatic heterocycles. The number of hydrogen-bond donors (Lipinski definition) is 2. The summed E-state index contributed by atoms with van der Waals surface area (Å²) in [4.78, 5) is 0. The monoisotopic (exact) mass is 267 g/mol. The predicted octanol–water partition coefficient (Wildman–Crippen LogP) is 2.94. The molecule has 0 spiro atoms. The zero-order chi connectivity index (χ0) is 14.4. The number of rotatable bonds is 5. The van der Waals surface area contributed by atoms with Crippen LogP contribution in [0.5, 0.6) is 5.75 Å². The van der Waals surface area contributed by atoms with Crippen molar-refractivity contribution in [1.82, 2.24) is 0 Å². The topological polar surface area (TPSA) is 71.1 Å². The fraction of sp³-hybridized carbons (Fsp3) is 0.188. The lowest BCUT2D eigenvalue weighted by Gasteiger charge is -2.10. The molecular weight excluding hydrogens is 250 g/mol. The zero-order valence-corrected chi connectivity index (χ0v) is 11.4. The van der Waals surface area contributed by atoms with Crippen LogP contribution in [0, 0.1) is 18.3 Å². The lowest BCUT2D eigenvalue weighted by molar-refractivity contribution is 0.333. The van der Waals surface area contributed by atoms with E-state index in [9.17, 15) is 0 Å². The largest absolute Gasteiger partial charge is 0.492 e. The van der Waals surface area contributed by atoms with Crippen LogP contribution < -0.4 is 15.8 Å². The Balaban J connectivity index is 1.86. The second kappa shape index (κ2) is 6.48. The van der Waals surface area contributed by atoms with Gasteiger partial charge in [-0.1, -0.05) is 12.1 Å². The second-order valence-corrected chi connectivity index (χ2v) is 4.51. The Hall–Kier alpha value is -2.67. The van der Waals surface area contributed by atoms with Gasteiger partial charge in [0.05, 0.1) is 11.3 Å². The van der Waals surface area contributed by atoms with Crippen molar-refractivity contribution in [2.45, 2.75) is 6.92 Å². The molecule has 0 aromatic heterocycles. The number of ether oxygens (including phenoxy) is 1. The maximum atomic E-state index is 9.07. The van der Waals surface area contributed by atoms with Crippen molar-refractivity contribution >= 4 is 11.4 Å². The van der Waals surface area contributed by atoms with E-state index < -0.39 is 0 Å². The molecule has 0 aliphatic rings. The van der Waals surface area contributed by atoms with E-state index >= 15 is 0 Å². The van der Waals surface area contributed by atoms with E-state index in [2.05, 4.69) is 11.4 Å². The summed E-state index contributed by atoms with van der Waals surface area (Å²) in [7, 11) is 0. The molecule has 3 N–H and O–H groups in total. The molecule has 0 saturated carbocycles. The van der Waals surface area contributed by atoms with Gasteiger partial charge < -0.3 is 15.8 Å². The maximum absolute atomic E-state index is 9.07. The molecule has 0 fully saturated rings. The number of aryl methyl sites for hydroxylation is 1. The van der Waals surface area contributed by atoms with Crippen molar-refractivity contribution < 1.29 is 4.74 Å². The first-order valence-corrected chi connectivity index (χ1v) is 6.42. The smallest absolute Gasteiger partial charge is 0.121 e. The summed E-state index contributed by atoms with van der Waals surface area (Å²) in [5.74, 6) is 0.746. The standard InChI is InChI=1S/C16H17N3O/c1-12-5-6-16(13(9-12)11-17)19-7-8-20-15-4-2-3-14(18)10-15/h2-6,9-10,19H,7-8,18H2,1H3. The Morgan fingerprint density at radius 2 is 2.10 bits per heavy atom. The van der Waals surface area contributed by atoms with E-state index in [0.717, 1.165) is 17.0 Å². The molecule has 0 saturated heterocycles. The SMILES string of the molecule is Cc1ccc(NCCOc2cccc(N)c2)c(C#N)c1. The van der Waals surface area contributed by atoms with Crippen LogP contribution >= 0.6 is 0 Å². The number of nitrogens with one attached hydrogen (secondary N) is 1. The highest BCUT2D eigenvalue weighted by Crippen LogP contribution is 2.17. The van der Waals surface area contributed by atoms with Crippen LogP contribution in [-0.4, -0.2) is 13.2 Å². The van der Waals surface area contributed by atoms with Crippen molar-refractivity contribution in [2.75, 3.05) is 24.2 Å². The average molecular weight is 267 g/mol. The highest BCUT2D eigenvalue weighted by atomic mass is 16.5. The molecule has 4 heteroatoms. The number of hydrogen-bond acceptors (Lipinski definition) is 4. The molecule has 20 heavy (non-hydrogen) atoms. The van der Waals surface area contributed by atoms with E-state index in [-0.39, 0.29) is 0 Å². The van der Waals surface area contributed by atoms with Gasteiger partial charge in [0, 0.05) is 18.3 Å². The third-order valence-corrected chi connectivity index (χ3v) is 2.84. The van der Waals surface area contributed by atoms with E-state index in [1.54, 1.807) is 6.07 Å². The predicted molar refractivity (Wildman–Crippen MR) is 80.7 cm³/mol. The molecule has 0 amide bonds. The summed E-state index contributed by atoms with van der Waals surface area (Å²) in [6.07, 6.45) is 0. The number of nitrogen functional groups attached to an aromatic ring is 1. The Morgan fingerprint density at radius 3 is 2.85 bits per heavy atom. The van der Waals surface area contributed by atoms with Gasteiger partial charge in [-0.15, -0.1) is 0 Å². The molecule has 2 aromatic rings. The molecule has 0 aliphatic carbocycles. The molecule has 102 valence electrons. The van der Waals surface area contributed by atoms with E-state index in [4.69, 9.17) is 15.7 Å². The Bertz CT molecular complexity index is 632. The van der Waals surface area contributed by atoms with Crippen molar-refractivity contribution in [2.24, 2.45) is 0 Å². The molecule has 2 rings (SSSR count). The average Bonchev–Trinajstić information content (AvgIpc) is 2.45. The van der Waals surface area contributed by atoms with E-state index in [1.807, 2.05) is 43.3 Å². The number of anilines is 2. The van der Waals surface area contributed by atoms with Gasteiger partial charge in [-0.3, -0.25) is 0 Å². The van der Waals surface area contributed by atoms with Gasteiger partial charge in [-0.05, 0) is 36.8 Å². The third kappa shape index (κ3) is 3.66. The molecule has 0 radical (unpaired) electrons. The minimum absolute atomic E-state index is 0.502. The summed E-state index contributed by atoms with van der Waals surface area (Å²) in [5.41, 5.74) is 8.90. The lowest BCUT2D eigenvalue weighted by Crippen LogP contribution is -2.12. The Morgan fingerprint density at radius 1 is 1.25 bits per heavy atom. The minimum Gasteiger partial charge on any atom is -0.492 e. The van der Waals surface area contributed by atoms with Gasteiger partial charge in [0.1, 0.15) is 18.4 Å². The molecule has 4 nitrogen and oxygen atoms in total. The van der Waals surface area contributed by atoms with Crippen molar-refractivity contribution in [3.05, 3.63) is 53.6 Å². The quantitative estimate of drug-likeness (QED) is 0.645. The number of nitriles is 1. The first-order valence-electron chi connectivity index (χ1n) is 6.42. The summed E-state index contributed by atoms with van der Waals surface area (Å²) in [5, 5.41) is 12.3. The number of benzene rings is 2. The first kappa shape index (κ1) is 13.8. The molecule has 2 aromatic carbocycles. The van der Waals surface area contributed by atoms with Crippen molar-refractivity contribution in [1.29, 1.82) is 5.26 Å². The minimum atomic E-state index is 0.502. The molecule has 0 atom stereocenters. The third-order valence-electron chi connectivity index (χ3n) is 2.84. The molecule has 0 heterocycles. The van der Waals surface area contributed by atoms with Crippen LogP contribution in [0.3, 0.4) is 0 Å². The van der Waals surface area contributed by atoms with Crippen LogP contribution in [0.15, 0.2) is 42.5 Å². The van der Waals surface area contributed by atoms with E-state index in [0.29, 0.717) is 24.4 Å². The fourth-order valence-electron chi connectivity index (χ4n) is 1.86. The van der Waals surface area contributed by atoms with Crippen LogP contribution in [0.4, 0.5) is 11.4 Å². The zero-order valence-electron chi connectivity index (χ0n) is 11.4. The van der Waals surface area contributed by atoms with Crippen LogP contribution in [0.2, 0.25) is 0 Å². The fourth-order valence-corrected chi connectivity index (χ4v) is 1.86. The summed E-state index contributed by atoms with van der Waals surface area (Å²) in [6.45, 7) is 3.09. The van der Waals surface area contributed by atoms with Crippen molar-refractivity contribution in [3.8, 4) is 11.8 Å². The number of nitrogens with two attached hydrogens (primary N) is 1. The summed E-state index contributed by atoms with van der Waals surface area (Å²) >= 11 is 0. The van der Waals surface area contributed by atoms with Gasteiger partial charge in [0.25, 0.3) is 0 Å². The molecule has 0 bridgehead atoms. The summed E-state index contributed by atoms with van der Waals surface area (Å²) < 4.78 is 5.58. The Kier molecular flexibility index (Phi) is 4.46. The maximum Gasteiger partial charge on any atom is 0.121 e. The van der Waals surface area contributed by atoms with Gasteiger partial charge in [-0.2, -0.15) is 5.26 Å². The van der Waals surface area contributed by atoms with E-state index in [1.165, 1.54) is 0 Å². The normalized spacial score (nSPS) is 9.80. The Labute approximate surface area is 118 Å². The van der Waals surface area contributed by atoms with Crippen LogP contribution in [-0.2, 0) is 0 Å². The van der Waals surface area contributed by atoms with Crippen LogP contribution in [0.1, 0.15) is 11.1 Å². The summed E-state index contributed by atoms with van der Waals surface area (Å²) in [6, 6.07) is 15.2. The highest BCUT2D eigenvalue weighted by molar-refractivity contribution is 5.58. The van der Waals surface area contributed by atoms with Gasteiger partial charge >= 0.3 is 0 Å².